The van der Waals surface area contributed by atoms with Crippen LogP contribution < -0.4 is 16.2 Å². The topological polar surface area (TPSA) is 132 Å². The van der Waals surface area contributed by atoms with Crippen molar-refractivity contribution in [3.05, 3.63) is 18.2 Å². The molecule has 0 aromatic heterocycles. The number of sulfonamides is 1. The summed E-state index contributed by atoms with van der Waals surface area (Å²) in [5.41, 5.74) is 6.30. The van der Waals surface area contributed by atoms with Gasteiger partial charge in [0.25, 0.3) is 0 Å². The first-order valence-corrected chi connectivity index (χ1v) is 9.33. The molecule has 7 nitrogen and oxygen atoms in total. The molecule has 1 fully saturated rings. The summed E-state index contributed by atoms with van der Waals surface area (Å²) in [7, 11) is -6.89. The maximum absolute atomic E-state index is 11.7. The molecule has 0 saturated carbocycles. The molecular weight excluding hydrogens is 302 g/mol. The third-order valence-corrected chi connectivity index (χ3v) is 6.42. The second-order valence-electron chi connectivity index (χ2n) is 4.85. The van der Waals surface area contributed by atoms with E-state index in [1.165, 1.54) is 18.2 Å². The summed E-state index contributed by atoms with van der Waals surface area (Å²) in [6, 6.07) is 4.14. The molecule has 0 spiro atoms. The maximum atomic E-state index is 11.7. The van der Waals surface area contributed by atoms with Gasteiger partial charge in [0.15, 0.2) is 9.84 Å². The van der Waals surface area contributed by atoms with Crippen LogP contribution in [0.3, 0.4) is 0 Å². The molecule has 1 aliphatic rings. The van der Waals surface area contributed by atoms with Gasteiger partial charge < -0.3 is 11.1 Å². The van der Waals surface area contributed by atoms with Crippen molar-refractivity contribution in [3.63, 3.8) is 0 Å². The molecule has 1 heterocycles. The standard InChI is InChI=1S/C11H17N3O4S2/c12-8-4-9(6-11(5-8)20(13,17)18)14-7-10-2-1-3-19(10,15)16/h4-6,10,14H,1-3,7,12H2,(H2,13,17,18). The van der Waals surface area contributed by atoms with Gasteiger partial charge in [0.05, 0.1) is 15.9 Å². The van der Waals surface area contributed by atoms with Crippen molar-refractivity contribution in [2.24, 2.45) is 5.14 Å². The molecule has 0 aliphatic carbocycles. The Labute approximate surface area is 118 Å². The molecule has 1 atom stereocenters. The number of sulfone groups is 1. The lowest BCUT2D eigenvalue weighted by molar-refractivity contribution is 0.590. The Morgan fingerprint density at radius 3 is 2.55 bits per heavy atom. The Hall–Kier alpha value is -1.32. The SMILES string of the molecule is Nc1cc(NCC2CCCS2(=O)=O)cc(S(N)(=O)=O)c1. The number of nitrogens with one attached hydrogen (secondary N) is 1. The van der Waals surface area contributed by atoms with Crippen molar-refractivity contribution in [1.29, 1.82) is 0 Å². The summed E-state index contributed by atoms with van der Waals surface area (Å²) in [6.07, 6.45) is 1.27. The average molecular weight is 319 g/mol. The summed E-state index contributed by atoms with van der Waals surface area (Å²) >= 11 is 0. The molecule has 0 radical (unpaired) electrons. The number of benzene rings is 1. The lowest BCUT2D eigenvalue weighted by Crippen LogP contribution is -2.25. The second-order valence-corrected chi connectivity index (χ2v) is 8.81. The van der Waals surface area contributed by atoms with Crippen LogP contribution in [-0.4, -0.2) is 34.4 Å². The van der Waals surface area contributed by atoms with Crippen LogP contribution in [0.25, 0.3) is 0 Å². The summed E-state index contributed by atoms with van der Waals surface area (Å²) < 4.78 is 46.0. The normalized spacial score (nSPS) is 21.8. The molecule has 1 aliphatic heterocycles. The molecule has 112 valence electrons. The fourth-order valence-electron chi connectivity index (χ4n) is 2.21. The van der Waals surface area contributed by atoms with Crippen LogP contribution in [-0.2, 0) is 19.9 Å². The third kappa shape index (κ3) is 3.41. The van der Waals surface area contributed by atoms with E-state index in [1.54, 1.807) is 0 Å². The highest BCUT2D eigenvalue weighted by molar-refractivity contribution is 7.92. The predicted molar refractivity (Wildman–Crippen MR) is 77.5 cm³/mol. The molecule has 1 aromatic rings. The summed E-state index contributed by atoms with van der Waals surface area (Å²) in [4.78, 5) is -0.103. The Morgan fingerprint density at radius 1 is 1.30 bits per heavy atom. The zero-order valence-corrected chi connectivity index (χ0v) is 12.4. The van der Waals surface area contributed by atoms with Crippen LogP contribution in [0, 0.1) is 0 Å². The Kier molecular flexibility index (Phi) is 3.94. The Balaban J connectivity index is 2.16. The monoisotopic (exact) mass is 319 g/mol. The van der Waals surface area contributed by atoms with Crippen molar-refractivity contribution in [2.75, 3.05) is 23.3 Å². The van der Waals surface area contributed by atoms with Crippen LogP contribution in [0.5, 0.6) is 0 Å². The van der Waals surface area contributed by atoms with Crippen LogP contribution in [0.15, 0.2) is 23.1 Å². The van der Waals surface area contributed by atoms with Crippen LogP contribution in [0.1, 0.15) is 12.8 Å². The van der Waals surface area contributed by atoms with E-state index >= 15 is 0 Å². The summed E-state index contributed by atoms with van der Waals surface area (Å²) in [5.74, 6) is 0.207. The largest absolute Gasteiger partial charge is 0.399 e. The van der Waals surface area contributed by atoms with E-state index in [0.29, 0.717) is 18.5 Å². The smallest absolute Gasteiger partial charge is 0.238 e. The first-order valence-electron chi connectivity index (χ1n) is 6.07. The van der Waals surface area contributed by atoms with Crippen LogP contribution >= 0.6 is 0 Å². The minimum Gasteiger partial charge on any atom is -0.399 e. The van der Waals surface area contributed by atoms with E-state index in [0.717, 1.165) is 0 Å². The average Bonchev–Trinajstić information content (AvgIpc) is 2.64. The van der Waals surface area contributed by atoms with Gasteiger partial charge in [-0.3, -0.25) is 0 Å². The minimum absolute atomic E-state index is 0.103. The van der Waals surface area contributed by atoms with Gasteiger partial charge in [-0.1, -0.05) is 0 Å². The van der Waals surface area contributed by atoms with Gasteiger partial charge >= 0.3 is 0 Å². The van der Waals surface area contributed by atoms with Crippen molar-refractivity contribution in [1.82, 2.24) is 0 Å². The van der Waals surface area contributed by atoms with Gasteiger partial charge in [0.2, 0.25) is 10.0 Å². The number of anilines is 2. The third-order valence-electron chi connectivity index (χ3n) is 3.25. The second kappa shape index (κ2) is 5.23. The molecule has 20 heavy (non-hydrogen) atoms. The van der Waals surface area contributed by atoms with Gasteiger partial charge in [0, 0.05) is 17.9 Å². The first-order chi connectivity index (χ1) is 9.18. The minimum atomic E-state index is -3.85. The van der Waals surface area contributed by atoms with Crippen molar-refractivity contribution >= 4 is 31.2 Å². The number of rotatable bonds is 4. The van der Waals surface area contributed by atoms with Gasteiger partial charge in [-0.05, 0) is 31.0 Å². The van der Waals surface area contributed by atoms with Gasteiger partial charge in [-0.2, -0.15) is 0 Å². The van der Waals surface area contributed by atoms with Gasteiger partial charge in [-0.15, -0.1) is 0 Å². The van der Waals surface area contributed by atoms with Crippen LogP contribution in [0.4, 0.5) is 11.4 Å². The number of nitrogen functional groups attached to an aromatic ring is 1. The van der Waals surface area contributed by atoms with E-state index < -0.39 is 25.1 Å². The number of nitrogens with two attached hydrogens (primary N) is 2. The van der Waals surface area contributed by atoms with E-state index in [9.17, 15) is 16.8 Å². The van der Waals surface area contributed by atoms with Crippen molar-refractivity contribution in [3.8, 4) is 0 Å². The molecular formula is C11H17N3O4S2. The van der Waals surface area contributed by atoms with Crippen molar-refractivity contribution in [2.45, 2.75) is 23.0 Å². The summed E-state index contributed by atoms with van der Waals surface area (Å²) in [5, 5.41) is 7.52. The van der Waals surface area contributed by atoms with E-state index in [4.69, 9.17) is 10.9 Å². The number of hydrogen-bond donors (Lipinski definition) is 3. The van der Waals surface area contributed by atoms with Crippen molar-refractivity contribution < 1.29 is 16.8 Å². The molecule has 9 heteroatoms. The number of primary sulfonamides is 1. The first kappa shape index (κ1) is 15.1. The highest BCUT2D eigenvalue weighted by Gasteiger charge is 2.30. The molecule has 1 unspecified atom stereocenters. The molecule has 2 rings (SSSR count). The predicted octanol–water partition coefficient (Wildman–Crippen LogP) is -0.0947. The zero-order valence-electron chi connectivity index (χ0n) is 10.7. The highest BCUT2D eigenvalue weighted by atomic mass is 32.2. The fraction of sp³-hybridized carbons (Fsp3) is 0.455. The Bertz CT molecular complexity index is 713. The van der Waals surface area contributed by atoms with E-state index in [-0.39, 0.29) is 22.9 Å². The lowest BCUT2D eigenvalue weighted by atomic mass is 10.2. The van der Waals surface area contributed by atoms with Gasteiger partial charge in [0.1, 0.15) is 0 Å². The fourth-order valence-corrected chi connectivity index (χ4v) is 4.56. The quantitative estimate of drug-likeness (QED) is 0.664. The van der Waals surface area contributed by atoms with E-state index in [2.05, 4.69) is 5.32 Å². The molecule has 1 aromatic carbocycles. The Morgan fingerprint density at radius 2 is 2.00 bits per heavy atom. The van der Waals surface area contributed by atoms with Crippen LogP contribution in [0.2, 0.25) is 0 Å². The molecule has 0 amide bonds. The summed E-state index contributed by atoms with van der Waals surface area (Å²) in [6.45, 7) is 0.232. The highest BCUT2D eigenvalue weighted by Crippen LogP contribution is 2.23. The zero-order chi connectivity index (χ0) is 15.0. The molecule has 1 saturated heterocycles. The van der Waals surface area contributed by atoms with Gasteiger partial charge in [-0.25, -0.2) is 22.0 Å². The number of hydrogen-bond acceptors (Lipinski definition) is 6. The lowest BCUT2D eigenvalue weighted by Gasteiger charge is -2.13. The maximum Gasteiger partial charge on any atom is 0.238 e. The molecule has 5 N–H and O–H groups in total. The molecule has 0 bridgehead atoms. The van der Waals surface area contributed by atoms with E-state index in [1.807, 2.05) is 0 Å².